The highest BCUT2D eigenvalue weighted by atomic mass is 31.1. The third-order valence-corrected chi connectivity index (χ3v) is 12.2. The molecule has 0 nitrogen and oxygen atoms in total. The minimum absolute atomic E-state index is 0.444. The SMILES string of the molecule is CC1=CC=C(P(c2ccccc2)c2ccccc2)C1CP(c1cc(C)cc(C)c1)c1cc(C)cc(C)c1. The average molecular weight is 519 g/mol. The second-order valence-electron chi connectivity index (χ2n) is 10.4. The standard InChI is InChI=1S/C35H36P2/c1-25-18-26(2)21-32(20-25)36(33-22-27(3)19-28(4)23-33)24-34-29(5)16-17-35(34)37(30-12-8-6-9-13-30)31-14-10-7-11-15-31/h6-23,34H,24H2,1-5H3. The molecule has 4 aromatic rings. The first-order chi connectivity index (χ1) is 17.9. The predicted molar refractivity (Wildman–Crippen MR) is 167 cm³/mol. The van der Waals surface area contributed by atoms with E-state index in [1.807, 2.05) is 0 Å². The molecular weight excluding hydrogens is 482 g/mol. The highest BCUT2D eigenvalue weighted by molar-refractivity contribution is 7.77. The molecule has 2 heteroatoms. The molecule has 1 atom stereocenters. The van der Waals surface area contributed by atoms with Gasteiger partial charge < -0.3 is 0 Å². The Kier molecular flexibility index (Phi) is 7.90. The lowest BCUT2D eigenvalue weighted by atomic mass is 10.1. The van der Waals surface area contributed by atoms with Crippen molar-refractivity contribution in [2.75, 3.05) is 6.16 Å². The van der Waals surface area contributed by atoms with Gasteiger partial charge in [0.05, 0.1) is 0 Å². The van der Waals surface area contributed by atoms with Crippen LogP contribution in [0.25, 0.3) is 0 Å². The summed E-state index contributed by atoms with van der Waals surface area (Å²) in [5.41, 5.74) is 6.93. The van der Waals surface area contributed by atoms with Gasteiger partial charge >= 0.3 is 0 Å². The number of benzene rings is 4. The summed E-state index contributed by atoms with van der Waals surface area (Å²) >= 11 is 0. The maximum atomic E-state index is 2.45. The van der Waals surface area contributed by atoms with E-state index in [1.165, 1.54) is 49.0 Å². The Labute approximate surface area is 225 Å². The van der Waals surface area contributed by atoms with Gasteiger partial charge in [-0.25, -0.2) is 0 Å². The molecule has 0 bridgehead atoms. The molecule has 4 aromatic carbocycles. The van der Waals surface area contributed by atoms with Gasteiger partial charge in [0.2, 0.25) is 0 Å². The van der Waals surface area contributed by atoms with Gasteiger partial charge in [-0.3, -0.25) is 0 Å². The summed E-state index contributed by atoms with van der Waals surface area (Å²) in [5.74, 6) is 0.444. The smallest absolute Gasteiger partial charge is 0.0104 e. The minimum atomic E-state index is -0.592. The van der Waals surface area contributed by atoms with Gasteiger partial charge in [0.25, 0.3) is 0 Å². The minimum Gasteiger partial charge on any atom is -0.0654 e. The van der Waals surface area contributed by atoms with Crippen molar-refractivity contribution >= 4 is 37.1 Å². The summed E-state index contributed by atoms with van der Waals surface area (Å²) in [4.78, 5) is 0. The van der Waals surface area contributed by atoms with Gasteiger partial charge in [-0.1, -0.05) is 137 Å². The molecule has 0 amide bonds. The Bertz CT molecular complexity index is 1320. The van der Waals surface area contributed by atoms with Crippen molar-refractivity contribution in [3.8, 4) is 0 Å². The monoisotopic (exact) mass is 518 g/mol. The molecule has 0 N–H and O–H groups in total. The van der Waals surface area contributed by atoms with Gasteiger partial charge in [0, 0.05) is 5.92 Å². The van der Waals surface area contributed by atoms with E-state index < -0.39 is 15.8 Å². The summed E-state index contributed by atoms with van der Waals surface area (Å²) in [6.45, 7) is 11.3. The molecule has 0 saturated carbocycles. The van der Waals surface area contributed by atoms with Crippen LogP contribution < -0.4 is 21.2 Å². The van der Waals surface area contributed by atoms with Crippen molar-refractivity contribution in [3.05, 3.63) is 142 Å². The van der Waals surface area contributed by atoms with Crippen LogP contribution in [-0.4, -0.2) is 6.16 Å². The zero-order valence-electron chi connectivity index (χ0n) is 22.6. The van der Waals surface area contributed by atoms with Crippen LogP contribution in [0.3, 0.4) is 0 Å². The largest absolute Gasteiger partial charge is 0.0654 e. The van der Waals surface area contributed by atoms with Crippen molar-refractivity contribution in [2.45, 2.75) is 34.6 Å². The molecular formula is C35H36P2. The van der Waals surface area contributed by atoms with E-state index in [1.54, 1.807) is 5.31 Å². The van der Waals surface area contributed by atoms with Crippen molar-refractivity contribution in [1.82, 2.24) is 0 Å². The van der Waals surface area contributed by atoms with Gasteiger partial charge in [-0.15, -0.1) is 0 Å². The van der Waals surface area contributed by atoms with Crippen LogP contribution in [0.15, 0.2) is 120 Å². The van der Waals surface area contributed by atoms with Crippen LogP contribution >= 0.6 is 15.8 Å². The summed E-state index contributed by atoms with van der Waals surface area (Å²) in [5, 5.41) is 7.46. The first kappa shape index (κ1) is 25.9. The summed E-state index contributed by atoms with van der Waals surface area (Å²) < 4.78 is 0. The van der Waals surface area contributed by atoms with E-state index >= 15 is 0 Å². The Balaban J connectivity index is 1.60. The van der Waals surface area contributed by atoms with Crippen LogP contribution in [0.5, 0.6) is 0 Å². The molecule has 1 aliphatic carbocycles. The predicted octanol–water partition coefficient (Wildman–Crippen LogP) is 7.95. The van der Waals surface area contributed by atoms with Crippen molar-refractivity contribution in [2.24, 2.45) is 5.92 Å². The Morgan fingerprint density at radius 3 is 1.38 bits per heavy atom. The quantitative estimate of drug-likeness (QED) is 0.218. The molecule has 0 fully saturated rings. The lowest BCUT2D eigenvalue weighted by molar-refractivity contribution is 0.877. The first-order valence-electron chi connectivity index (χ1n) is 13.1. The highest BCUT2D eigenvalue weighted by Gasteiger charge is 2.32. The van der Waals surface area contributed by atoms with Crippen LogP contribution in [0.4, 0.5) is 0 Å². The van der Waals surface area contributed by atoms with Crippen LogP contribution in [0.1, 0.15) is 29.2 Å². The maximum Gasteiger partial charge on any atom is 0.0104 e. The first-order valence-corrected chi connectivity index (χ1v) is 16.0. The average Bonchev–Trinajstić information content (AvgIpc) is 3.22. The number of allylic oxidation sites excluding steroid dienone is 4. The van der Waals surface area contributed by atoms with Crippen LogP contribution in [0, 0.1) is 33.6 Å². The Hall–Kier alpha value is -2.78. The number of rotatable bonds is 7. The molecule has 0 radical (unpaired) electrons. The van der Waals surface area contributed by atoms with Crippen molar-refractivity contribution in [1.29, 1.82) is 0 Å². The summed E-state index contributed by atoms with van der Waals surface area (Å²) in [7, 11) is -1.11. The van der Waals surface area contributed by atoms with Crippen LogP contribution in [-0.2, 0) is 0 Å². The van der Waals surface area contributed by atoms with Crippen LogP contribution in [0.2, 0.25) is 0 Å². The zero-order valence-corrected chi connectivity index (χ0v) is 24.4. The molecule has 0 spiro atoms. The number of aryl methyl sites for hydroxylation is 4. The fourth-order valence-electron chi connectivity index (χ4n) is 5.51. The van der Waals surface area contributed by atoms with Gasteiger partial charge in [0.1, 0.15) is 0 Å². The topological polar surface area (TPSA) is 0 Å². The molecule has 37 heavy (non-hydrogen) atoms. The normalized spacial score (nSPS) is 15.3. The van der Waals surface area contributed by atoms with Crippen molar-refractivity contribution < 1.29 is 0 Å². The molecule has 0 aliphatic heterocycles. The highest BCUT2D eigenvalue weighted by Crippen LogP contribution is 2.54. The Morgan fingerprint density at radius 1 is 0.514 bits per heavy atom. The summed E-state index contributed by atoms with van der Waals surface area (Å²) in [6.07, 6.45) is 5.98. The molecule has 5 rings (SSSR count). The van der Waals surface area contributed by atoms with E-state index in [-0.39, 0.29) is 0 Å². The van der Waals surface area contributed by atoms with Gasteiger partial charge in [-0.05, 0) is 83.2 Å². The second kappa shape index (κ2) is 11.3. The van der Waals surface area contributed by atoms with Crippen molar-refractivity contribution in [3.63, 3.8) is 0 Å². The maximum absolute atomic E-state index is 2.45. The van der Waals surface area contributed by atoms with E-state index in [9.17, 15) is 0 Å². The third kappa shape index (κ3) is 5.88. The lowest BCUT2D eigenvalue weighted by Crippen LogP contribution is -2.23. The lowest BCUT2D eigenvalue weighted by Gasteiger charge is -2.30. The molecule has 0 aromatic heterocycles. The molecule has 0 heterocycles. The molecule has 186 valence electrons. The molecule has 0 saturated heterocycles. The van der Waals surface area contributed by atoms with E-state index in [0.29, 0.717) is 5.92 Å². The summed E-state index contributed by atoms with van der Waals surface area (Å²) in [6, 6.07) is 36.6. The van der Waals surface area contributed by atoms with E-state index in [2.05, 4.69) is 144 Å². The van der Waals surface area contributed by atoms with Gasteiger partial charge in [-0.2, -0.15) is 0 Å². The van der Waals surface area contributed by atoms with E-state index in [4.69, 9.17) is 0 Å². The van der Waals surface area contributed by atoms with Gasteiger partial charge in [0.15, 0.2) is 0 Å². The molecule has 1 aliphatic rings. The zero-order chi connectivity index (χ0) is 25.9. The van der Waals surface area contributed by atoms with E-state index in [0.717, 1.165) is 6.16 Å². The Morgan fingerprint density at radius 2 is 0.946 bits per heavy atom. The molecule has 1 unspecified atom stereocenters. The third-order valence-electron chi connectivity index (χ3n) is 7.11. The number of hydrogen-bond acceptors (Lipinski definition) is 0. The fourth-order valence-corrected chi connectivity index (χ4v) is 11.3. The fraction of sp³-hybridized carbons (Fsp3) is 0.200. The second-order valence-corrected chi connectivity index (χ2v) is 14.8. The number of hydrogen-bond donors (Lipinski definition) is 0.